The highest BCUT2D eigenvalue weighted by Gasteiger charge is 2.33. The first-order valence-corrected chi connectivity index (χ1v) is 11.3. The van der Waals surface area contributed by atoms with E-state index in [1.54, 1.807) is 19.3 Å². The molecule has 0 aliphatic carbocycles. The molecule has 3 amide bonds. The lowest BCUT2D eigenvalue weighted by Gasteiger charge is -2.17. The predicted molar refractivity (Wildman–Crippen MR) is 127 cm³/mol. The van der Waals surface area contributed by atoms with E-state index in [9.17, 15) is 9.59 Å². The Hall–Kier alpha value is -2.07. The highest BCUT2D eigenvalue weighted by Crippen LogP contribution is 2.35. The minimum Gasteiger partial charge on any atom is -0.493 e. The first kappa shape index (κ1) is 22.6. The molecule has 0 saturated carbocycles. The second kappa shape index (κ2) is 9.82. The summed E-state index contributed by atoms with van der Waals surface area (Å²) in [6, 6.07) is 10.7. The summed E-state index contributed by atoms with van der Waals surface area (Å²) in [5, 5.41) is 2.66. The number of amides is 3. The molecule has 3 rings (SSSR count). The van der Waals surface area contributed by atoms with E-state index in [0.29, 0.717) is 11.5 Å². The van der Waals surface area contributed by atoms with E-state index in [2.05, 4.69) is 50.8 Å². The van der Waals surface area contributed by atoms with Gasteiger partial charge in [-0.25, -0.2) is 4.79 Å². The maximum absolute atomic E-state index is 12.8. The molecule has 1 unspecified atom stereocenters. The van der Waals surface area contributed by atoms with E-state index in [-0.39, 0.29) is 24.3 Å². The van der Waals surface area contributed by atoms with Gasteiger partial charge in [-0.1, -0.05) is 35.0 Å². The molecule has 2 aromatic carbocycles. The Labute approximate surface area is 197 Å². The molecule has 6 nitrogen and oxygen atoms in total. The number of carbonyl (C=O) groups is 2. The summed E-state index contributed by atoms with van der Waals surface area (Å²) in [7, 11) is 1.58. The third-order valence-electron chi connectivity index (χ3n) is 4.67. The Morgan fingerprint density at radius 1 is 1.23 bits per heavy atom. The third kappa shape index (κ3) is 5.15. The number of rotatable bonds is 7. The van der Waals surface area contributed by atoms with Gasteiger partial charge in [-0.15, -0.1) is 0 Å². The van der Waals surface area contributed by atoms with Crippen molar-refractivity contribution in [3.8, 4) is 11.5 Å². The van der Waals surface area contributed by atoms with Gasteiger partial charge >= 0.3 is 6.03 Å². The van der Waals surface area contributed by atoms with Crippen LogP contribution in [0.15, 0.2) is 46.6 Å². The summed E-state index contributed by atoms with van der Waals surface area (Å²) in [5.41, 5.74) is 1.83. The highest BCUT2D eigenvalue weighted by atomic mass is 127. The number of hydrogen-bond donors (Lipinski definition) is 1. The summed E-state index contributed by atoms with van der Waals surface area (Å²) in [6.07, 6.45) is 2.58. The van der Waals surface area contributed by atoms with Gasteiger partial charge < -0.3 is 14.8 Å². The van der Waals surface area contributed by atoms with Gasteiger partial charge in [0.25, 0.3) is 5.91 Å². The molecule has 0 bridgehead atoms. The van der Waals surface area contributed by atoms with Crippen molar-refractivity contribution in [1.29, 1.82) is 0 Å². The molecule has 0 aromatic heterocycles. The molecular formula is C22H22BrIN2O4. The maximum Gasteiger partial charge on any atom is 0.329 e. The molecule has 2 aromatic rings. The second-order valence-corrected chi connectivity index (χ2v) is 8.95. The maximum atomic E-state index is 12.8. The normalized spacial score (nSPS) is 16.0. The first-order chi connectivity index (χ1) is 14.3. The van der Waals surface area contributed by atoms with Gasteiger partial charge in [0.15, 0.2) is 11.5 Å². The third-order valence-corrected chi connectivity index (χ3v) is 6.00. The van der Waals surface area contributed by atoms with Gasteiger partial charge in [0.2, 0.25) is 0 Å². The molecule has 1 heterocycles. The van der Waals surface area contributed by atoms with Gasteiger partial charge in [-0.2, -0.15) is 0 Å². The van der Waals surface area contributed by atoms with Crippen LogP contribution in [0.25, 0.3) is 6.08 Å². The minimum atomic E-state index is -0.437. The van der Waals surface area contributed by atoms with Gasteiger partial charge in [-0.3, -0.25) is 9.69 Å². The molecule has 1 N–H and O–H groups in total. The molecule has 1 saturated heterocycles. The lowest BCUT2D eigenvalue weighted by Crippen LogP contribution is -2.30. The zero-order valence-corrected chi connectivity index (χ0v) is 20.6. The lowest BCUT2D eigenvalue weighted by atomic mass is 10.1. The first-order valence-electron chi connectivity index (χ1n) is 9.45. The monoisotopic (exact) mass is 584 g/mol. The number of imide groups is 1. The Bertz CT molecular complexity index is 991. The topological polar surface area (TPSA) is 67.9 Å². The molecular weight excluding hydrogens is 563 g/mol. The minimum absolute atomic E-state index is 0.0551. The Balaban J connectivity index is 1.84. The fourth-order valence-corrected chi connectivity index (χ4v) is 3.89. The number of nitrogens with zero attached hydrogens (tertiary/aromatic N) is 1. The molecule has 0 radical (unpaired) electrons. The van der Waals surface area contributed by atoms with Crippen molar-refractivity contribution in [1.82, 2.24) is 10.2 Å². The van der Waals surface area contributed by atoms with Gasteiger partial charge in [0, 0.05) is 4.47 Å². The molecule has 1 aliphatic heterocycles. The highest BCUT2D eigenvalue weighted by molar-refractivity contribution is 14.1. The second-order valence-electron chi connectivity index (χ2n) is 6.88. The summed E-state index contributed by atoms with van der Waals surface area (Å²) in [4.78, 5) is 26.3. The number of halogens is 2. The number of nitrogens with one attached hydrogen (secondary N) is 1. The zero-order chi connectivity index (χ0) is 21.8. The number of methoxy groups -OCH3 is 1. The van der Waals surface area contributed by atoms with E-state index in [4.69, 9.17) is 9.47 Å². The Morgan fingerprint density at radius 3 is 2.57 bits per heavy atom. The molecule has 8 heteroatoms. The van der Waals surface area contributed by atoms with Gasteiger partial charge in [0.05, 0.1) is 23.3 Å². The molecule has 1 fully saturated rings. The number of hydrogen-bond acceptors (Lipinski definition) is 4. The van der Waals surface area contributed by atoms with Crippen molar-refractivity contribution < 1.29 is 19.1 Å². The standard InChI is InChI=1S/C22H22BrIN2O4/c1-4-13(2)30-20-17(24)9-15(11-19(20)29-3)10-18-21(27)26(22(28)25-18)12-14-5-7-16(23)8-6-14/h5-11,13H,4,12H2,1-3H3,(H,25,28). The van der Waals surface area contributed by atoms with E-state index >= 15 is 0 Å². The van der Waals surface area contributed by atoms with Crippen LogP contribution in [-0.2, 0) is 11.3 Å². The van der Waals surface area contributed by atoms with E-state index in [0.717, 1.165) is 25.6 Å². The fraction of sp³-hybridized carbons (Fsp3) is 0.273. The average Bonchev–Trinajstić information content (AvgIpc) is 2.98. The van der Waals surface area contributed by atoms with Gasteiger partial charge in [-0.05, 0) is 77.4 Å². The zero-order valence-electron chi connectivity index (χ0n) is 16.9. The van der Waals surface area contributed by atoms with Crippen molar-refractivity contribution in [2.24, 2.45) is 0 Å². The van der Waals surface area contributed by atoms with Crippen LogP contribution < -0.4 is 14.8 Å². The summed E-state index contributed by atoms with van der Waals surface area (Å²) in [6.45, 7) is 4.26. The van der Waals surface area contributed by atoms with E-state index in [1.165, 1.54) is 4.90 Å². The lowest BCUT2D eigenvalue weighted by molar-refractivity contribution is -0.123. The summed E-state index contributed by atoms with van der Waals surface area (Å²) in [5.74, 6) is 0.891. The predicted octanol–water partition coefficient (Wildman–Crippen LogP) is 5.33. The van der Waals surface area contributed by atoms with Crippen LogP contribution in [0.2, 0.25) is 0 Å². The van der Waals surface area contributed by atoms with Crippen LogP contribution in [0.4, 0.5) is 4.79 Å². The average molecular weight is 585 g/mol. The van der Waals surface area contributed by atoms with Crippen molar-refractivity contribution in [2.75, 3.05) is 7.11 Å². The van der Waals surface area contributed by atoms with Crippen LogP contribution in [0.1, 0.15) is 31.4 Å². The quantitative estimate of drug-likeness (QED) is 0.271. The van der Waals surface area contributed by atoms with Crippen LogP contribution in [0.3, 0.4) is 0 Å². The van der Waals surface area contributed by atoms with Crippen molar-refractivity contribution in [2.45, 2.75) is 32.9 Å². The van der Waals surface area contributed by atoms with Crippen LogP contribution in [0, 0.1) is 3.57 Å². The summed E-state index contributed by atoms with van der Waals surface area (Å²) < 4.78 is 13.3. The molecule has 1 atom stereocenters. The van der Waals surface area contributed by atoms with Crippen LogP contribution >= 0.6 is 38.5 Å². The SMILES string of the molecule is CCC(C)Oc1c(I)cc(C=C2NC(=O)N(Cc3ccc(Br)cc3)C2=O)cc1OC. The molecule has 1 aliphatic rings. The number of urea groups is 1. The van der Waals surface area contributed by atoms with Gasteiger partial charge in [0.1, 0.15) is 5.70 Å². The van der Waals surface area contributed by atoms with Crippen molar-refractivity contribution in [3.63, 3.8) is 0 Å². The molecule has 30 heavy (non-hydrogen) atoms. The van der Waals surface area contributed by atoms with Crippen LogP contribution in [0.5, 0.6) is 11.5 Å². The number of ether oxygens (including phenoxy) is 2. The number of benzene rings is 2. The Kier molecular flexibility index (Phi) is 7.41. The largest absolute Gasteiger partial charge is 0.493 e. The van der Waals surface area contributed by atoms with E-state index < -0.39 is 6.03 Å². The van der Waals surface area contributed by atoms with Crippen molar-refractivity contribution >= 4 is 56.5 Å². The Morgan fingerprint density at radius 2 is 1.93 bits per heavy atom. The van der Waals surface area contributed by atoms with Crippen molar-refractivity contribution in [3.05, 3.63) is 61.3 Å². The smallest absolute Gasteiger partial charge is 0.329 e. The van der Waals surface area contributed by atoms with Crippen LogP contribution in [-0.4, -0.2) is 30.1 Å². The number of carbonyl (C=O) groups excluding carboxylic acids is 2. The molecule has 0 spiro atoms. The van der Waals surface area contributed by atoms with E-state index in [1.807, 2.05) is 37.3 Å². The summed E-state index contributed by atoms with van der Waals surface area (Å²) >= 11 is 5.56. The fourth-order valence-electron chi connectivity index (χ4n) is 2.88. The molecule has 158 valence electrons.